The second-order valence-corrected chi connectivity index (χ2v) is 6.77. The van der Waals surface area contributed by atoms with Gasteiger partial charge in [0.15, 0.2) is 0 Å². The van der Waals surface area contributed by atoms with Gasteiger partial charge in [-0.2, -0.15) is 0 Å². The third kappa shape index (κ3) is 17.5. The van der Waals surface area contributed by atoms with E-state index in [2.05, 4.69) is 13.5 Å². The number of ether oxygens (including phenoxy) is 2. The van der Waals surface area contributed by atoms with Crippen LogP contribution in [0.4, 0.5) is 0 Å². The maximum atomic E-state index is 11.2. The fourth-order valence-corrected chi connectivity index (χ4v) is 2.56. The van der Waals surface area contributed by atoms with Crippen LogP contribution in [0, 0.1) is 0 Å². The molecule has 0 aromatic rings. The molecule has 0 unspecified atom stereocenters. The quantitative estimate of drug-likeness (QED) is 0.169. The van der Waals surface area contributed by atoms with Gasteiger partial charge < -0.3 is 9.47 Å². The van der Waals surface area contributed by atoms with Crippen LogP contribution in [0.3, 0.4) is 0 Å². The van der Waals surface area contributed by atoms with Crippen LogP contribution in [-0.2, 0) is 14.3 Å². The molecule has 0 aromatic heterocycles. The molecule has 0 atom stereocenters. The molecule has 142 valence electrons. The minimum atomic E-state index is -0.263. The predicted molar refractivity (Wildman–Crippen MR) is 102 cm³/mol. The maximum absolute atomic E-state index is 11.2. The van der Waals surface area contributed by atoms with Crippen molar-refractivity contribution in [3.63, 3.8) is 0 Å². The summed E-state index contributed by atoms with van der Waals surface area (Å²) >= 11 is 0. The SMILES string of the molecule is C=C(C)C(=O)OCCCCCCCCCCCCOCCCCC. The number of rotatable bonds is 18. The van der Waals surface area contributed by atoms with Crippen LogP contribution in [0.15, 0.2) is 12.2 Å². The molecule has 0 aromatic carbocycles. The van der Waals surface area contributed by atoms with Gasteiger partial charge in [0.1, 0.15) is 0 Å². The second kappa shape index (κ2) is 18.5. The normalized spacial score (nSPS) is 10.8. The molecule has 24 heavy (non-hydrogen) atoms. The van der Waals surface area contributed by atoms with E-state index in [9.17, 15) is 4.79 Å². The molecule has 0 saturated carbocycles. The Morgan fingerprint density at radius 2 is 1.12 bits per heavy atom. The molecule has 0 radical (unpaired) electrons. The molecule has 0 aliphatic heterocycles. The molecular weight excluding hydrogens is 300 g/mol. The van der Waals surface area contributed by atoms with E-state index < -0.39 is 0 Å². The summed E-state index contributed by atoms with van der Waals surface area (Å²) in [4.78, 5) is 11.2. The number of unbranched alkanes of at least 4 members (excludes halogenated alkanes) is 11. The Bertz CT molecular complexity index is 299. The fourth-order valence-electron chi connectivity index (χ4n) is 2.56. The Kier molecular flexibility index (Phi) is 17.9. The van der Waals surface area contributed by atoms with Crippen LogP contribution in [0.1, 0.15) is 97.3 Å². The van der Waals surface area contributed by atoms with Gasteiger partial charge in [-0.1, -0.05) is 77.7 Å². The molecule has 0 saturated heterocycles. The summed E-state index contributed by atoms with van der Waals surface area (Å²) in [7, 11) is 0. The summed E-state index contributed by atoms with van der Waals surface area (Å²) < 4.78 is 10.7. The average Bonchev–Trinajstić information content (AvgIpc) is 2.57. The van der Waals surface area contributed by atoms with Crippen molar-refractivity contribution in [2.75, 3.05) is 19.8 Å². The Morgan fingerprint density at radius 3 is 1.58 bits per heavy atom. The summed E-state index contributed by atoms with van der Waals surface area (Å²) in [6.45, 7) is 9.90. The zero-order valence-electron chi connectivity index (χ0n) is 16.2. The van der Waals surface area contributed by atoms with Crippen molar-refractivity contribution < 1.29 is 14.3 Å². The third-order valence-electron chi connectivity index (χ3n) is 4.16. The maximum Gasteiger partial charge on any atom is 0.333 e. The molecule has 0 rings (SSSR count). The van der Waals surface area contributed by atoms with E-state index in [0.29, 0.717) is 12.2 Å². The first kappa shape index (κ1) is 23.2. The van der Waals surface area contributed by atoms with Crippen molar-refractivity contribution >= 4 is 5.97 Å². The summed E-state index contributed by atoms with van der Waals surface area (Å²) in [6, 6.07) is 0. The van der Waals surface area contributed by atoms with Gasteiger partial charge in [-0.05, 0) is 26.2 Å². The van der Waals surface area contributed by atoms with Gasteiger partial charge in [-0.3, -0.25) is 0 Å². The van der Waals surface area contributed by atoms with Crippen LogP contribution in [0.5, 0.6) is 0 Å². The molecule has 0 aliphatic rings. The topological polar surface area (TPSA) is 35.5 Å². The zero-order valence-corrected chi connectivity index (χ0v) is 16.2. The van der Waals surface area contributed by atoms with Crippen molar-refractivity contribution in [3.8, 4) is 0 Å². The van der Waals surface area contributed by atoms with E-state index in [0.717, 1.165) is 26.1 Å². The van der Waals surface area contributed by atoms with Gasteiger partial charge >= 0.3 is 5.97 Å². The van der Waals surface area contributed by atoms with E-state index >= 15 is 0 Å². The van der Waals surface area contributed by atoms with Crippen molar-refractivity contribution in [1.29, 1.82) is 0 Å². The molecule has 0 spiro atoms. The number of hydrogen-bond acceptors (Lipinski definition) is 3. The Labute approximate surface area is 150 Å². The highest BCUT2D eigenvalue weighted by Crippen LogP contribution is 2.11. The van der Waals surface area contributed by atoms with Crippen molar-refractivity contribution in [2.45, 2.75) is 97.3 Å². The Balaban J connectivity index is 3.05. The molecule has 0 bridgehead atoms. The smallest absolute Gasteiger partial charge is 0.333 e. The molecule has 0 aliphatic carbocycles. The lowest BCUT2D eigenvalue weighted by Gasteiger charge is -2.05. The summed E-state index contributed by atoms with van der Waals surface area (Å²) in [6.07, 6.45) is 16.3. The lowest BCUT2D eigenvalue weighted by molar-refractivity contribution is -0.139. The highest BCUT2D eigenvalue weighted by Gasteiger charge is 2.01. The third-order valence-corrected chi connectivity index (χ3v) is 4.16. The van der Waals surface area contributed by atoms with Crippen molar-refractivity contribution in [3.05, 3.63) is 12.2 Å². The Morgan fingerprint density at radius 1 is 0.708 bits per heavy atom. The number of hydrogen-bond donors (Lipinski definition) is 0. The molecule has 3 heteroatoms. The monoisotopic (exact) mass is 340 g/mol. The lowest BCUT2D eigenvalue weighted by Crippen LogP contribution is -2.05. The van der Waals surface area contributed by atoms with Gasteiger partial charge in [0, 0.05) is 18.8 Å². The van der Waals surface area contributed by atoms with Gasteiger partial charge in [-0.15, -0.1) is 0 Å². The summed E-state index contributed by atoms with van der Waals surface area (Å²) in [5.41, 5.74) is 0.484. The van der Waals surface area contributed by atoms with E-state index in [4.69, 9.17) is 9.47 Å². The Hall–Kier alpha value is -0.830. The highest BCUT2D eigenvalue weighted by molar-refractivity contribution is 5.86. The fraction of sp³-hybridized carbons (Fsp3) is 0.857. The number of esters is 1. The van der Waals surface area contributed by atoms with Crippen molar-refractivity contribution in [2.24, 2.45) is 0 Å². The zero-order chi connectivity index (χ0) is 17.9. The van der Waals surface area contributed by atoms with Crippen LogP contribution in [-0.4, -0.2) is 25.8 Å². The molecule has 0 N–H and O–H groups in total. The second-order valence-electron chi connectivity index (χ2n) is 6.77. The molecule has 0 fully saturated rings. The van der Waals surface area contributed by atoms with E-state index in [1.54, 1.807) is 6.92 Å². The van der Waals surface area contributed by atoms with E-state index in [1.165, 1.54) is 70.6 Å². The van der Waals surface area contributed by atoms with Gasteiger partial charge in [0.05, 0.1) is 6.61 Å². The largest absolute Gasteiger partial charge is 0.462 e. The number of carbonyl (C=O) groups is 1. The van der Waals surface area contributed by atoms with Crippen molar-refractivity contribution in [1.82, 2.24) is 0 Å². The van der Waals surface area contributed by atoms with Crippen LogP contribution in [0.25, 0.3) is 0 Å². The van der Waals surface area contributed by atoms with Gasteiger partial charge in [0.25, 0.3) is 0 Å². The van der Waals surface area contributed by atoms with E-state index in [-0.39, 0.29) is 5.97 Å². The van der Waals surface area contributed by atoms with Crippen LogP contribution >= 0.6 is 0 Å². The summed E-state index contributed by atoms with van der Waals surface area (Å²) in [5, 5.41) is 0. The molecule has 0 heterocycles. The first-order chi connectivity index (χ1) is 11.7. The molecular formula is C21H40O3. The predicted octanol–water partition coefficient (Wildman–Crippen LogP) is 6.21. The number of carbonyl (C=O) groups excluding carboxylic acids is 1. The first-order valence-corrected chi connectivity index (χ1v) is 10.1. The van der Waals surface area contributed by atoms with E-state index in [1.807, 2.05) is 0 Å². The standard InChI is InChI=1S/C21H40O3/c1-4-5-14-17-23-18-15-12-10-8-6-7-9-11-13-16-19-24-21(22)20(2)3/h2,4-19H2,1,3H3. The first-order valence-electron chi connectivity index (χ1n) is 10.1. The minimum Gasteiger partial charge on any atom is -0.462 e. The minimum absolute atomic E-state index is 0.263. The summed E-state index contributed by atoms with van der Waals surface area (Å²) in [5.74, 6) is -0.263. The van der Waals surface area contributed by atoms with Gasteiger partial charge in [0.2, 0.25) is 0 Å². The van der Waals surface area contributed by atoms with Crippen LogP contribution in [0.2, 0.25) is 0 Å². The molecule has 0 amide bonds. The van der Waals surface area contributed by atoms with Gasteiger partial charge in [-0.25, -0.2) is 4.79 Å². The lowest BCUT2D eigenvalue weighted by atomic mass is 10.1. The average molecular weight is 341 g/mol. The highest BCUT2D eigenvalue weighted by atomic mass is 16.5. The molecule has 3 nitrogen and oxygen atoms in total. The van der Waals surface area contributed by atoms with Crippen LogP contribution < -0.4 is 0 Å².